The molecule has 0 aliphatic carbocycles. The lowest BCUT2D eigenvalue weighted by Crippen LogP contribution is -2.36. The number of carbonyl (C=O) groups excluding carboxylic acids is 1. The summed E-state index contributed by atoms with van der Waals surface area (Å²) in [5.74, 6) is 0.852. The third-order valence-corrected chi connectivity index (χ3v) is 5.48. The molecule has 0 atom stereocenters. The van der Waals surface area contributed by atoms with E-state index in [0.717, 1.165) is 29.8 Å². The molecule has 7 nitrogen and oxygen atoms in total. The second-order valence-corrected chi connectivity index (χ2v) is 7.62. The minimum absolute atomic E-state index is 0.0314. The number of likely N-dealkylation sites (tertiary alicyclic amines) is 1. The molecule has 1 amide bonds. The molecule has 0 spiro atoms. The van der Waals surface area contributed by atoms with E-state index in [1.807, 2.05) is 0 Å². The Morgan fingerprint density at radius 2 is 1.81 bits per heavy atom. The van der Waals surface area contributed by atoms with Gasteiger partial charge in [-0.1, -0.05) is 0 Å². The largest absolute Gasteiger partial charge is 0.454 e. The minimum atomic E-state index is -4.65. The van der Waals surface area contributed by atoms with Crippen molar-refractivity contribution in [1.29, 1.82) is 0 Å². The lowest BCUT2D eigenvalue weighted by atomic mass is 10.1. The summed E-state index contributed by atoms with van der Waals surface area (Å²) >= 11 is 0. The monoisotopic (exact) mass is 432 g/mol. The predicted octanol–water partition coefficient (Wildman–Crippen LogP) is 3.70. The van der Waals surface area contributed by atoms with E-state index in [9.17, 15) is 18.0 Å². The van der Waals surface area contributed by atoms with Gasteiger partial charge in [-0.3, -0.25) is 4.79 Å². The maximum absolute atomic E-state index is 13.8. The quantitative estimate of drug-likeness (QED) is 0.631. The summed E-state index contributed by atoms with van der Waals surface area (Å²) in [5.41, 5.74) is -0.0708. The number of hydrogen-bond donors (Lipinski definition) is 0. The number of hydrogen-bond acceptors (Lipinski definition) is 5. The van der Waals surface area contributed by atoms with Crippen LogP contribution in [0.25, 0.3) is 16.9 Å². The zero-order chi connectivity index (χ0) is 21.6. The van der Waals surface area contributed by atoms with Gasteiger partial charge in [-0.15, -0.1) is 0 Å². The van der Waals surface area contributed by atoms with Crippen LogP contribution in [0.1, 0.15) is 30.7 Å². The van der Waals surface area contributed by atoms with Crippen LogP contribution in [0.5, 0.6) is 11.5 Å². The smallest absolute Gasteiger partial charge is 0.433 e. The van der Waals surface area contributed by atoms with Gasteiger partial charge in [0, 0.05) is 24.7 Å². The molecule has 31 heavy (non-hydrogen) atoms. The first kappa shape index (κ1) is 19.7. The zero-order valence-corrected chi connectivity index (χ0v) is 16.5. The average Bonchev–Trinajstić information content (AvgIpc) is 3.38. The summed E-state index contributed by atoms with van der Waals surface area (Å²) in [6, 6.07) is 7.25. The maximum Gasteiger partial charge on any atom is 0.433 e. The Morgan fingerprint density at radius 3 is 2.58 bits per heavy atom. The second kappa shape index (κ2) is 7.44. The first-order chi connectivity index (χ1) is 14.9. The molecule has 0 bridgehead atoms. The molecule has 162 valence electrons. The van der Waals surface area contributed by atoms with Crippen molar-refractivity contribution in [1.82, 2.24) is 19.5 Å². The summed E-state index contributed by atoms with van der Waals surface area (Å²) in [6.45, 7) is 1.41. The first-order valence-corrected chi connectivity index (χ1v) is 10.0. The molecule has 1 aromatic carbocycles. The second-order valence-electron chi connectivity index (χ2n) is 7.62. The highest BCUT2D eigenvalue weighted by Crippen LogP contribution is 2.37. The Bertz CT molecular complexity index is 1150. The van der Waals surface area contributed by atoms with Crippen LogP contribution in [-0.2, 0) is 17.4 Å². The summed E-state index contributed by atoms with van der Waals surface area (Å²) < 4.78 is 52.7. The Balaban J connectivity index is 1.52. The normalized spacial score (nSPS) is 16.2. The van der Waals surface area contributed by atoms with E-state index in [1.54, 1.807) is 23.1 Å². The van der Waals surface area contributed by atoms with Gasteiger partial charge in [0.05, 0.1) is 17.8 Å². The van der Waals surface area contributed by atoms with Crippen molar-refractivity contribution in [3.8, 4) is 22.8 Å². The van der Waals surface area contributed by atoms with Crippen molar-refractivity contribution >= 4 is 11.6 Å². The molecule has 2 aliphatic heterocycles. The molecule has 0 unspecified atom stereocenters. The number of piperidine rings is 1. The lowest BCUT2D eigenvalue weighted by Gasteiger charge is -2.26. The summed E-state index contributed by atoms with van der Waals surface area (Å²) in [7, 11) is 0. The van der Waals surface area contributed by atoms with E-state index in [1.165, 1.54) is 6.07 Å². The van der Waals surface area contributed by atoms with Gasteiger partial charge in [0.15, 0.2) is 22.8 Å². The first-order valence-electron chi connectivity index (χ1n) is 10.0. The number of ether oxygens (including phenoxy) is 2. The van der Waals surface area contributed by atoms with Gasteiger partial charge in [-0.25, -0.2) is 9.50 Å². The van der Waals surface area contributed by atoms with Crippen molar-refractivity contribution in [2.75, 3.05) is 19.9 Å². The highest BCUT2D eigenvalue weighted by molar-refractivity contribution is 5.79. The van der Waals surface area contributed by atoms with Crippen molar-refractivity contribution in [3.05, 3.63) is 41.7 Å². The van der Waals surface area contributed by atoms with Crippen LogP contribution in [-0.4, -0.2) is 45.3 Å². The molecule has 10 heteroatoms. The highest BCUT2D eigenvalue weighted by atomic mass is 19.4. The molecular formula is C21H19F3N4O3. The number of amides is 1. The van der Waals surface area contributed by atoms with Gasteiger partial charge in [0.2, 0.25) is 12.7 Å². The Labute approximate surface area is 175 Å². The summed E-state index contributed by atoms with van der Waals surface area (Å²) in [6.07, 6.45) is -1.74. The Kier molecular flexibility index (Phi) is 4.71. The fourth-order valence-corrected chi connectivity index (χ4v) is 3.92. The number of carbonyl (C=O) groups is 1. The van der Waals surface area contributed by atoms with Gasteiger partial charge in [0.25, 0.3) is 0 Å². The van der Waals surface area contributed by atoms with E-state index >= 15 is 0 Å². The zero-order valence-electron chi connectivity index (χ0n) is 16.5. The predicted molar refractivity (Wildman–Crippen MR) is 104 cm³/mol. The van der Waals surface area contributed by atoms with Gasteiger partial charge in [0.1, 0.15) is 0 Å². The molecule has 3 aromatic rings. The van der Waals surface area contributed by atoms with Crippen LogP contribution in [0.2, 0.25) is 0 Å². The Morgan fingerprint density at radius 1 is 1.03 bits per heavy atom. The van der Waals surface area contributed by atoms with Crippen molar-refractivity contribution < 1.29 is 27.4 Å². The van der Waals surface area contributed by atoms with E-state index < -0.39 is 11.9 Å². The highest BCUT2D eigenvalue weighted by Gasteiger charge is 2.35. The number of alkyl halides is 3. The fraction of sp³-hybridized carbons (Fsp3) is 0.381. The van der Waals surface area contributed by atoms with E-state index in [-0.39, 0.29) is 36.2 Å². The molecule has 2 aliphatic rings. The molecule has 4 heterocycles. The third kappa shape index (κ3) is 3.77. The van der Waals surface area contributed by atoms with E-state index in [2.05, 4.69) is 10.1 Å². The molecular weight excluding hydrogens is 413 g/mol. The Hall–Kier alpha value is -3.30. The maximum atomic E-state index is 13.8. The number of fused-ring (bicyclic) bond motifs is 2. The molecule has 1 fully saturated rings. The van der Waals surface area contributed by atoms with E-state index in [4.69, 9.17) is 9.47 Å². The van der Waals surface area contributed by atoms with Gasteiger partial charge in [-0.2, -0.15) is 18.3 Å². The number of nitrogens with zero attached hydrogens (tertiary/aromatic N) is 4. The number of halogens is 3. The lowest BCUT2D eigenvalue weighted by molar-refractivity contribution is -0.142. The van der Waals surface area contributed by atoms with Crippen molar-refractivity contribution in [2.45, 2.75) is 31.9 Å². The van der Waals surface area contributed by atoms with Gasteiger partial charge < -0.3 is 14.4 Å². The molecule has 0 radical (unpaired) electrons. The van der Waals surface area contributed by atoms with Gasteiger partial charge in [-0.05, 0) is 43.5 Å². The van der Waals surface area contributed by atoms with Crippen LogP contribution in [0, 0.1) is 0 Å². The van der Waals surface area contributed by atoms with Crippen LogP contribution < -0.4 is 9.47 Å². The molecule has 1 saturated heterocycles. The fourth-order valence-electron chi connectivity index (χ4n) is 3.92. The van der Waals surface area contributed by atoms with Gasteiger partial charge >= 0.3 is 6.18 Å². The average molecular weight is 432 g/mol. The van der Waals surface area contributed by atoms with Crippen molar-refractivity contribution in [3.63, 3.8) is 0 Å². The topological polar surface area (TPSA) is 69.0 Å². The molecule has 0 saturated carbocycles. The minimum Gasteiger partial charge on any atom is -0.454 e. The van der Waals surface area contributed by atoms with E-state index in [0.29, 0.717) is 30.2 Å². The van der Waals surface area contributed by atoms with Crippen LogP contribution >= 0.6 is 0 Å². The molecule has 0 N–H and O–H groups in total. The van der Waals surface area contributed by atoms with Crippen LogP contribution in [0.15, 0.2) is 30.3 Å². The number of aromatic nitrogens is 3. The van der Waals surface area contributed by atoms with Crippen LogP contribution in [0.3, 0.4) is 0 Å². The number of rotatable bonds is 3. The summed E-state index contributed by atoms with van der Waals surface area (Å²) in [5, 5.41) is 4.05. The molecule has 5 rings (SSSR count). The standard InChI is InChI=1S/C21H19F3N4O3/c22-21(23,24)18-11-15(13-4-5-16-17(8-13)31-12-30-16)25-19-9-14(26-28(18)19)10-20(29)27-6-2-1-3-7-27/h4-5,8-9,11H,1-3,6-7,10,12H2. The SMILES string of the molecule is O=C(Cc1cc2nc(-c3ccc4c(c3)OCO4)cc(C(F)(F)F)n2n1)N1CCCCC1. The third-order valence-electron chi connectivity index (χ3n) is 5.48. The summed E-state index contributed by atoms with van der Waals surface area (Å²) in [4.78, 5) is 18.6. The number of benzene rings is 1. The molecule has 2 aromatic heterocycles. The van der Waals surface area contributed by atoms with Crippen molar-refractivity contribution in [2.24, 2.45) is 0 Å². The van der Waals surface area contributed by atoms with Crippen LogP contribution in [0.4, 0.5) is 13.2 Å².